The fraction of sp³-hybridized carbons (Fsp3) is 0.318. The van der Waals surface area contributed by atoms with Crippen molar-refractivity contribution in [2.45, 2.75) is 30.2 Å². The zero-order chi connectivity index (χ0) is 22.5. The normalized spacial score (nSPS) is 21.6. The molecule has 5 nitrogen and oxygen atoms in total. The van der Waals surface area contributed by atoms with Crippen LogP contribution in [0.5, 0.6) is 0 Å². The molecule has 1 amide bonds. The topological polar surface area (TPSA) is 54.8 Å². The van der Waals surface area contributed by atoms with Crippen molar-refractivity contribution in [2.24, 2.45) is 4.99 Å². The summed E-state index contributed by atoms with van der Waals surface area (Å²) in [6.07, 6.45) is 3.14. The Labute approximate surface area is 200 Å². The van der Waals surface area contributed by atoms with E-state index in [1.807, 2.05) is 6.07 Å². The molecule has 3 aliphatic rings. The zero-order valence-corrected chi connectivity index (χ0v) is 18.8. The van der Waals surface area contributed by atoms with Gasteiger partial charge >= 0.3 is 0 Å². The summed E-state index contributed by atoms with van der Waals surface area (Å²) < 4.78 is 6.24. The number of aliphatic imine (C=N–C) groups is 1. The number of piperidine rings is 1. The molecule has 154 valence electrons. The van der Waals surface area contributed by atoms with E-state index in [-0.39, 0.29) is 11.2 Å². The van der Waals surface area contributed by atoms with E-state index in [2.05, 4.69) is 33.1 Å². The Morgan fingerprint density at radius 1 is 1.16 bits per heavy atom. The Kier molecular flexibility index (Phi) is 5.55. The van der Waals surface area contributed by atoms with Gasteiger partial charge in [-0.1, -0.05) is 41.9 Å². The van der Waals surface area contributed by atoms with Gasteiger partial charge in [0.1, 0.15) is 5.15 Å². The van der Waals surface area contributed by atoms with Gasteiger partial charge in [0.2, 0.25) is 0 Å². The van der Waals surface area contributed by atoms with Crippen LogP contribution >= 0.6 is 23.4 Å². The lowest BCUT2D eigenvalue weighted by Gasteiger charge is -2.39. The van der Waals surface area contributed by atoms with Crippen LogP contribution < -0.4 is 0 Å². The Morgan fingerprint density at radius 3 is 2.59 bits per heavy atom. The minimum atomic E-state index is -1.74. The van der Waals surface area contributed by atoms with Gasteiger partial charge in [-0.2, -0.15) is 4.99 Å². The van der Waals surface area contributed by atoms with Crippen molar-refractivity contribution in [3.8, 4) is 0 Å². The molecule has 1 aromatic heterocycles. The van der Waals surface area contributed by atoms with Crippen molar-refractivity contribution in [1.82, 2.24) is 9.88 Å². The maximum Gasteiger partial charge on any atom is 0.286 e. The second-order valence-electron chi connectivity index (χ2n) is 8.24. The SMILES string of the molecule is [B]C([B])([B])/C(=C1/SC(N2CCC3(CC2)OCc2ccccc23)=NC1=O)c1ccc(Cl)nc1. The predicted octanol–water partition coefficient (Wildman–Crippen LogP) is 3.18. The van der Waals surface area contributed by atoms with Crippen molar-refractivity contribution in [3.63, 3.8) is 0 Å². The molecule has 0 N–H and O–H groups in total. The number of carbonyl (C=O) groups is 1. The molecule has 1 aromatic carbocycles. The summed E-state index contributed by atoms with van der Waals surface area (Å²) in [7, 11) is 18.1. The maximum atomic E-state index is 12.8. The fourth-order valence-corrected chi connectivity index (χ4v) is 5.81. The number of allylic oxidation sites excluding steroid dienone is 1. The lowest BCUT2D eigenvalue weighted by molar-refractivity contribution is -0.113. The van der Waals surface area contributed by atoms with Crippen LogP contribution in [0.25, 0.3) is 5.57 Å². The van der Waals surface area contributed by atoms with Crippen molar-refractivity contribution in [2.75, 3.05) is 13.1 Å². The molecule has 0 aliphatic carbocycles. The first kappa shape index (κ1) is 21.9. The highest BCUT2D eigenvalue weighted by Crippen LogP contribution is 2.46. The van der Waals surface area contributed by atoms with Crippen molar-refractivity contribution < 1.29 is 9.53 Å². The quantitative estimate of drug-likeness (QED) is 0.396. The van der Waals surface area contributed by atoms with Gasteiger partial charge in [0, 0.05) is 19.3 Å². The van der Waals surface area contributed by atoms with Gasteiger partial charge in [0.25, 0.3) is 5.91 Å². The van der Waals surface area contributed by atoms with Crippen LogP contribution in [-0.4, -0.2) is 57.6 Å². The van der Waals surface area contributed by atoms with E-state index in [1.165, 1.54) is 29.1 Å². The molecule has 0 bridgehead atoms. The number of pyridine rings is 1. The smallest absolute Gasteiger partial charge is 0.286 e. The van der Waals surface area contributed by atoms with E-state index < -0.39 is 11.0 Å². The summed E-state index contributed by atoms with van der Waals surface area (Å²) in [5.41, 5.74) is 3.08. The third kappa shape index (κ3) is 3.84. The molecule has 10 heteroatoms. The number of hydrogen-bond donors (Lipinski definition) is 0. The number of thioether (sulfide) groups is 1. The van der Waals surface area contributed by atoms with Gasteiger partial charge < -0.3 is 9.64 Å². The molecule has 6 radical (unpaired) electrons. The van der Waals surface area contributed by atoms with Gasteiger partial charge in [-0.15, -0.1) is 5.11 Å². The van der Waals surface area contributed by atoms with E-state index in [1.54, 1.807) is 12.1 Å². The lowest BCUT2D eigenvalue weighted by atomic mass is 9.39. The van der Waals surface area contributed by atoms with Gasteiger partial charge in [0.05, 0.1) is 40.7 Å². The molecular formula is C22H17B3ClN3O2S. The van der Waals surface area contributed by atoms with Crippen LogP contribution in [0.1, 0.15) is 29.5 Å². The number of carbonyl (C=O) groups excluding carboxylic acids is 1. The van der Waals surface area contributed by atoms with Gasteiger partial charge in [-0.25, -0.2) is 4.98 Å². The lowest BCUT2D eigenvalue weighted by Crippen LogP contribution is -2.44. The van der Waals surface area contributed by atoms with Crippen molar-refractivity contribution in [1.29, 1.82) is 0 Å². The third-order valence-electron chi connectivity index (χ3n) is 6.11. The number of aromatic nitrogens is 1. The largest absolute Gasteiger partial charge is 0.365 e. The molecule has 1 saturated heterocycles. The van der Waals surface area contributed by atoms with Gasteiger partial charge in [-0.3, -0.25) is 4.79 Å². The van der Waals surface area contributed by atoms with E-state index >= 15 is 0 Å². The number of fused-ring (bicyclic) bond motifs is 2. The van der Waals surface area contributed by atoms with Crippen LogP contribution in [-0.2, 0) is 21.7 Å². The molecule has 1 spiro atoms. The second-order valence-corrected chi connectivity index (χ2v) is 9.60. The molecule has 5 rings (SSSR count). The Hall–Kier alpha value is -1.96. The average Bonchev–Trinajstić information content (AvgIpc) is 3.31. The number of amides is 1. The number of rotatable bonds is 2. The number of likely N-dealkylation sites (tertiary alicyclic amines) is 1. The molecular weight excluding hydrogens is 438 g/mol. The van der Waals surface area contributed by atoms with Crippen molar-refractivity contribution in [3.05, 3.63) is 69.3 Å². The number of hydrogen-bond acceptors (Lipinski definition) is 5. The summed E-state index contributed by atoms with van der Waals surface area (Å²) >= 11 is 7.13. The monoisotopic (exact) mass is 455 g/mol. The molecule has 32 heavy (non-hydrogen) atoms. The minimum Gasteiger partial charge on any atom is -0.365 e. The van der Waals surface area contributed by atoms with Gasteiger partial charge in [0.15, 0.2) is 5.17 Å². The second kappa shape index (κ2) is 8.12. The van der Waals surface area contributed by atoms with Crippen LogP contribution in [0, 0.1) is 0 Å². The first-order chi connectivity index (χ1) is 15.3. The van der Waals surface area contributed by atoms with E-state index in [9.17, 15) is 4.79 Å². The van der Waals surface area contributed by atoms with Crippen LogP contribution in [0.2, 0.25) is 10.3 Å². The first-order valence-electron chi connectivity index (χ1n) is 10.3. The summed E-state index contributed by atoms with van der Waals surface area (Å²) in [6, 6.07) is 11.7. The number of ether oxygens (including phenoxy) is 1. The molecule has 4 heterocycles. The average molecular weight is 455 g/mol. The number of halogens is 1. The number of benzene rings is 1. The minimum absolute atomic E-state index is 0.263. The highest BCUT2D eigenvalue weighted by atomic mass is 35.5. The third-order valence-corrected chi connectivity index (χ3v) is 7.45. The number of nitrogens with zero attached hydrogens (tertiary/aromatic N) is 3. The standard InChI is InChI=1S/C22H17B3ClN3O2S/c23-22(24,25)17(13-5-6-16(26)27-11-13)18-19(30)28-20(32-18)29-9-7-21(8-10-29)15-4-2-1-3-14(15)12-31-21/h1-6,11H,7-10,12H2/b18-17+. The fourth-order valence-electron chi connectivity index (χ4n) is 4.55. The molecule has 3 aliphatic heterocycles. The first-order valence-corrected chi connectivity index (χ1v) is 11.5. The molecule has 1 fully saturated rings. The Morgan fingerprint density at radius 2 is 1.91 bits per heavy atom. The summed E-state index contributed by atoms with van der Waals surface area (Å²) in [4.78, 5) is 23.6. The van der Waals surface area contributed by atoms with E-state index in [4.69, 9.17) is 39.9 Å². The Bertz CT molecular complexity index is 1140. The summed E-state index contributed by atoms with van der Waals surface area (Å²) in [5, 5.41) is -0.809. The summed E-state index contributed by atoms with van der Waals surface area (Å²) in [5.74, 6) is -0.413. The van der Waals surface area contributed by atoms with Gasteiger partial charge in [-0.05, 0) is 52.9 Å². The van der Waals surface area contributed by atoms with E-state index in [0.717, 1.165) is 25.9 Å². The molecule has 0 atom stereocenters. The molecule has 0 unspecified atom stereocenters. The summed E-state index contributed by atoms with van der Waals surface area (Å²) in [6.45, 7) is 2.08. The maximum absolute atomic E-state index is 12.8. The highest BCUT2D eigenvalue weighted by molar-refractivity contribution is 8.18. The van der Waals surface area contributed by atoms with Crippen LogP contribution in [0.4, 0.5) is 0 Å². The van der Waals surface area contributed by atoms with Crippen LogP contribution in [0.15, 0.2) is 52.5 Å². The predicted molar refractivity (Wildman–Crippen MR) is 130 cm³/mol. The number of amidine groups is 1. The highest BCUT2D eigenvalue weighted by Gasteiger charge is 2.44. The molecule has 0 saturated carbocycles. The van der Waals surface area contributed by atoms with E-state index in [0.29, 0.717) is 27.4 Å². The molecule has 2 aromatic rings. The zero-order valence-electron chi connectivity index (χ0n) is 17.3. The Balaban J connectivity index is 1.38. The van der Waals surface area contributed by atoms with Crippen molar-refractivity contribution >= 4 is 63.5 Å². The van der Waals surface area contributed by atoms with Crippen LogP contribution in [0.3, 0.4) is 0 Å².